The van der Waals surface area contributed by atoms with Crippen LogP contribution < -0.4 is 5.73 Å². The van der Waals surface area contributed by atoms with Gasteiger partial charge in [0.2, 0.25) is 5.91 Å². The molecule has 1 aromatic carbocycles. The van der Waals surface area contributed by atoms with Crippen molar-refractivity contribution in [3.05, 3.63) is 34.9 Å². The van der Waals surface area contributed by atoms with Gasteiger partial charge < -0.3 is 10.6 Å². The summed E-state index contributed by atoms with van der Waals surface area (Å²) in [5.41, 5.74) is 9.56. The van der Waals surface area contributed by atoms with E-state index in [1.165, 1.54) is 16.7 Å². The van der Waals surface area contributed by atoms with Crippen LogP contribution in [-0.2, 0) is 11.2 Å². The number of nitrogens with two attached hydrogens (primary N) is 1. The number of amides is 1. The zero-order valence-corrected chi connectivity index (χ0v) is 12.7. The molecule has 0 saturated carbocycles. The maximum absolute atomic E-state index is 11.7. The molecule has 0 aromatic heterocycles. The van der Waals surface area contributed by atoms with Gasteiger partial charge in [-0.25, -0.2) is 0 Å². The molecule has 0 aliphatic carbocycles. The minimum atomic E-state index is -0.423. The molecule has 0 aliphatic rings. The highest BCUT2D eigenvalue weighted by Crippen LogP contribution is 2.19. The second-order valence-electron chi connectivity index (χ2n) is 5.64. The van der Waals surface area contributed by atoms with Crippen molar-refractivity contribution in [3.8, 4) is 0 Å². The van der Waals surface area contributed by atoms with Gasteiger partial charge >= 0.3 is 0 Å². The van der Waals surface area contributed by atoms with Crippen molar-refractivity contribution in [3.63, 3.8) is 0 Å². The lowest BCUT2D eigenvalue weighted by Crippen LogP contribution is -2.40. The zero-order chi connectivity index (χ0) is 14.6. The minimum Gasteiger partial charge on any atom is -0.344 e. The first-order valence-corrected chi connectivity index (χ1v) is 6.93. The molecule has 1 aromatic rings. The number of likely N-dealkylation sites (N-methyl/N-ethyl adjacent to an activating group) is 1. The first-order chi connectivity index (χ1) is 8.82. The van der Waals surface area contributed by atoms with Crippen molar-refractivity contribution in [2.75, 3.05) is 13.6 Å². The van der Waals surface area contributed by atoms with Crippen LogP contribution in [0.3, 0.4) is 0 Å². The largest absolute Gasteiger partial charge is 0.344 e. The van der Waals surface area contributed by atoms with Gasteiger partial charge in [0.05, 0.1) is 6.04 Å². The smallest absolute Gasteiger partial charge is 0.238 e. The lowest BCUT2D eigenvalue weighted by molar-refractivity contribution is -0.130. The second kappa shape index (κ2) is 6.71. The van der Waals surface area contributed by atoms with Crippen LogP contribution in [-0.4, -0.2) is 30.4 Å². The Morgan fingerprint density at radius 2 is 1.95 bits per heavy atom. The van der Waals surface area contributed by atoms with E-state index in [9.17, 15) is 4.79 Å². The van der Waals surface area contributed by atoms with Gasteiger partial charge in [-0.1, -0.05) is 32.0 Å². The Bertz CT molecular complexity index is 438. The molecule has 2 N–H and O–H groups in total. The van der Waals surface area contributed by atoms with Crippen LogP contribution in [0.15, 0.2) is 18.2 Å². The fraction of sp³-hybridized carbons (Fsp3) is 0.562. The third-order valence-corrected chi connectivity index (χ3v) is 3.52. The maximum Gasteiger partial charge on any atom is 0.238 e. The van der Waals surface area contributed by atoms with Crippen LogP contribution in [0.25, 0.3) is 0 Å². The summed E-state index contributed by atoms with van der Waals surface area (Å²) in [6.07, 6.45) is 0.876. The molecule has 1 unspecified atom stereocenters. The van der Waals surface area contributed by atoms with Crippen LogP contribution in [0.1, 0.15) is 43.4 Å². The Morgan fingerprint density at radius 1 is 1.32 bits per heavy atom. The lowest BCUT2D eigenvalue weighted by atomic mass is 9.96. The predicted molar refractivity (Wildman–Crippen MR) is 80.3 cm³/mol. The Kier molecular flexibility index (Phi) is 5.55. The third kappa shape index (κ3) is 4.35. The highest BCUT2D eigenvalue weighted by atomic mass is 16.2. The molecule has 1 atom stereocenters. The monoisotopic (exact) mass is 262 g/mol. The molecule has 0 spiro atoms. The van der Waals surface area contributed by atoms with E-state index in [0.717, 1.165) is 6.42 Å². The van der Waals surface area contributed by atoms with E-state index >= 15 is 0 Å². The summed E-state index contributed by atoms with van der Waals surface area (Å²) in [5.74, 6) is 0.528. The number of carbonyl (C=O) groups excluding carboxylic acids is 1. The van der Waals surface area contributed by atoms with E-state index in [-0.39, 0.29) is 5.91 Å². The quantitative estimate of drug-likeness (QED) is 0.886. The molecule has 19 heavy (non-hydrogen) atoms. The highest BCUT2D eigenvalue weighted by molar-refractivity contribution is 5.80. The van der Waals surface area contributed by atoms with Crippen molar-refractivity contribution >= 4 is 5.91 Å². The summed E-state index contributed by atoms with van der Waals surface area (Å²) < 4.78 is 0. The lowest BCUT2D eigenvalue weighted by Gasteiger charge is -2.20. The Hall–Kier alpha value is -1.35. The van der Waals surface area contributed by atoms with Gasteiger partial charge in [0.15, 0.2) is 0 Å². The van der Waals surface area contributed by atoms with Crippen molar-refractivity contribution < 1.29 is 4.79 Å². The molecule has 0 saturated heterocycles. The van der Waals surface area contributed by atoms with Crippen molar-refractivity contribution in [2.45, 2.75) is 46.1 Å². The summed E-state index contributed by atoms with van der Waals surface area (Å²) in [5, 5.41) is 0. The van der Waals surface area contributed by atoms with Crippen LogP contribution >= 0.6 is 0 Å². The summed E-state index contributed by atoms with van der Waals surface area (Å²) >= 11 is 0. The number of rotatable bonds is 5. The van der Waals surface area contributed by atoms with Gasteiger partial charge in [-0.3, -0.25) is 4.79 Å². The molecule has 106 valence electrons. The van der Waals surface area contributed by atoms with E-state index in [4.69, 9.17) is 5.73 Å². The van der Waals surface area contributed by atoms with E-state index in [1.54, 1.807) is 11.8 Å². The number of nitrogens with zero attached hydrogens (tertiary/aromatic N) is 1. The topological polar surface area (TPSA) is 46.3 Å². The number of benzene rings is 1. The minimum absolute atomic E-state index is 0.00216. The van der Waals surface area contributed by atoms with Gasteiger partial charge in [-0.05, 0) is 42.9 Å². The molecule has 1 amide bonds. The fourth-order valence-corrected chi connectivity index (χ4v) is 2.07. The molecule has 0 radical (unpaired) electrons. The predicted octanol–water partition coefficient (Wildman–Crippen LogP) is 2.47. The van der Waals surface area contributed by atoms with E-state index in [2.05, 4.69) is 39.0 Å². The molecular weight excluding hydrogens is 236 g/mol. The zero-order valence-electron chi connectivity index (χ0n) is 12.7. The summed E-state index contributed by atoms with van der Waals surface area (Å²) in [4.78, 5) is 13.4. The normalized spacial score (nSPS) is 12.6. The number of carbonyl (C=O) groups is 1. The van der Waals surface area contributed by atoms with Crippen LogP contribution in [0.4, 0.5) is 0 Å². The van der Waals surface area contributed by atoms with Crippen LogP contribution in [0.5, 0.6) is 0 Å². The van der Waals surface area contributed by atoms with Crippen molar-refractivity contribution in [1.82, 2.24) is 4.90 Å². The van der Waals surface area contributed by atoms with Gasteiger partial charge in [-0.2, -0.15) is 0 Å². The average molecular weight is 262 g/mol. The Balaban J connectivity index is 2.72. The summed E-state index contributed by atoms with van der Waals surface area (Å²) in [6.45, 7) is 8.94. The van der Waals surface area contributed by atoms with Gasteiger partial charge in [0, 0.05) is 13.6 Å². The molecule has 3 nitrogen and oxygen atoms in total. The number of hydrogen-bond donors (Lipinski definition) is 1. The summed E-state index contributed by atoms with van der Waals surface area (Å²) in [6, 6.07) is 6.18. The molecule has 3 heteroatoms. The van der Waals surface area contributed by atoms with E-state index in [0.29, 0.717) is 12.5 Å². The summed E-state index contributed by atoms with van der Waals surface area (Å²) in [7, 11) is 1.81. The van der Waals surface area contributed by atoms with Gasteiger partial charge in [0.1, 0.15) is 0 Å². The molecule has 0 bridgehead atoms. The standard InChI is InChI=1S/C16H26N2O/c1-11(2)14-7-6-12(3)15(10-14)8-9-18(5)16(19)13(4)17/h6-7,10-11,13H,8-9,17H2,1-5H3. The average Bonchev–Trinajstić information content (AvgIpc) is 2.35. The Morgan fingerprint density at radius 3 is 2.47 bits per heavy atom. The third-order valence-electron chi connectivity index (χ3n) is 3.52. The van der Waals surface area contributed by atoms with Gasteiger partial charge in [0.25, 0.3) is 0 Å². The number of hydrogen-bond acceptors (Lipinski definition) is 2. The van der Waals surface area contributed by atoms with Crippen LogP contribution in [0, 0.1) is 6.92 Å². The molecule has 0 aliphatic heterocycles. The second-order valence-corrected chi connectivity index (χ2v) is 5.64. The molecular formula is C16H26N2O. The SMILES string of the molecule is Cc1ccc(C(C)C)cc1CCN(C)C(=O)C(C)N. The maximum atomic E-state index is 11.7. The molecule has 0 heterocycles. The van der Waals surface area contributed by atoms with Crippen molar-refractivity contribution in [1.29, 1.82) is 0 Å². The van der Waals surface area contributed by atoms with Crippen LogP contribution in [0.2, 0.25) is 0 Å². The molecule has 1 rings (SSSR count). The van der Waals surface area contributed by atoms with E-state index in [1.807, 2.05) is 7.05 Å². The molecule has 0 fully saturated rings. The fourth-order valence-electron chi connectivity index (χ4n) is 2.07. The Labute approximate surface area is 116 Å². The van der Waals surface area contributed by atoms with Crippen molar-refractivity contribution in [2.24, 2.45) is 5.73 Å². The highest BCUT2D eigenvalue weighted by Gasteiger charge is 2.13. The first kappa shape index (κ1) is 15.7. The van der Waals surface area contributed by atoms with Gasteiger partial charge in [-0.15, -0.1) is 0 Å². The van der Waals surface area contributed by atoms with E-state index < -0.39 is 6.04 Å². The number of aryl methyl sites for hydroxylation is 1. The first-order valence-electron chi connectivity index (χ1n) is 6.93.